The molecule has 1 aliphatic heterocycles. The van der Waals surface area contributed by atoms with Gasteiger partial charge < -0.3 is 14.5 Å². The summed E-state index contributed by atoms with van der Waals surface area (Å²) in [7, 11) is 1.45. The number of nitrogens with zero attached hydrogens (tertiary/aromatic N) is 6. The molecule has 128 valence electrons. The minimum Gasteiger partial charge on any atom is -0.494 e. The first kappa shape index (κ1) is 15.5. The van der Waals surface area contributed by atoms with Gasteiger partial charge in [0.2, 0.25) is 5.95 Å². The molecule has 0 radical (unpaired) electrons. The van der Waals surface area contributed by atoms with Crippen LogP contribution < -0.4 is 14.5 Å². The van der Waals surface area contributed by atoms with Crippen LogP contribution in [0.3, 0.4) is 0 Å². The Morgan fingerprint density at radius 2 is 1.68 bits per heavy atom. The highest BCUT2D eigenvalue weighted by molar-refractivity contribution is 5.90. The monoisotopic (exact) mass is 340 g/mol. The second kappa shape index (κ2) is 6.46. The number of hydrogen-bond donors (Lipinski definition) is 0. The van der Waals surface area contributed by atoms with E-state index in [1.807, 2.05) is 0 Å². The molecule has 25 heavy (non-hydrogen) atoms. The zero-order valence-corrected chi connectivity index (χ0v) is 13.8. The molecule has 1 saturated heterocycles. The van der Waals surface area contributed by atoms with Gasteiger partial charge >= 0.3 is 0 Å². The Labute approximate surface area is 144 Å². The third-order valence-electron chi connectivity index (χ3n) is 4.30. The summed E-state index contributed by atoms with van der Waals surface area (Å²) in [6.07, 6.45) is 4.96. The van der Waals surface area contributed by atoms with Crippen LogP contribution in [-0.4, -0.2) is 53.2 Å². The molecule has 1 fully saturated rings. The fourth-order valence-corrected chi connectivity index (χ4v) is 3.03. The van der Waals surface area contributed by atoms with Crippen molar-refractivity contribution >= 4 is 22.7 Å². The maximum Gasteiger partial charge on any atom is 0.225 e. The van der Waals surface area contributed by atoms with E-state index in [0.717, 1.165) is 43.3 Å². The maximum absolute atomic E-state index is 13.9. The molecule has 1 aliphatic rings. The van der Waals surface area contributed by atoms with Gasteiger partial charge in [-0.2, -0.15) is 0 Å². The molecule has 0 amide bonds. The number of aromatic nitrogens is 4. The van der Waals surface area contributed by atoms with Crippen molar-refractivity contribution in [3.8, 4) is 5.75 Å². The Kier molecular flexibility index (Phi) is 4.01. The number of rotatable bonds is 3. The number of ether oxygens (including phenoxy) is 1. The van der Waals surface area contributed by atoms with E-state index in [-0.39, 0.29) is 5.75 Å². The van der Waals surface area contributed by atoms with E-state index in [1.165, 1.54) is 19.5 Å². The summed E-state index contributed by atoms with van der Waals surface area (Å²) in [6.45, 7) is 3.11. The Morgan fingerprint density at radius 3 is 2.40 bits per heavy atom. The number of anilines is 2. The lowest BCUT2D eigenvalue weighted by Crippen LogP contribution is -2.47. The van der Waals surface area contributed by atoms with Gasteiger partial charge in [0.05, 0.1) is 12.6 Å². The topological polar surface area (TPSA) is 67.3 Å². The SMILES string of the molecule is COc1cc2c(N3CCN(c4ncccn4)CC3)ncnc2cc1F. The molecule has 0 atom stereocenters. The van der Waals surface area contributed by atoms with E-state index < -0.39 is 5.82 Å². The average Bonchev–Trinajstić information content (AvgIpc) is 2.68. The minimum atomic E-state index is -0.425. The van der Waals surface area contributed by atoms with Gasteiger partial charge in [0.25, 0.3) is 0 Å². The highest BCUT2D eigenvalue weighted by Gasteiger charge is 2.22. The van der Waals surface area contributed by atoms with Crippen molar-refractivity contribution in [2.24, 2.45) is 0 Å². The fraction of sp³-hybridized carbons (Fsp3) is 0.294. The Morgan fingerprint density at radius 1 is 0.960 bits per heavy atom. The van der Waals surface area contributed by atoms with Crippen molar-refractivity contribution in [3.05, 3.63) is 42.7 Å². The summed E-state index contributed by atoms with van der Waals surface area (Å²) in [5, 5.41) is 0.783. The van der Waals surface area contributed by atoms with E-state index in [0.29, 0.717) is 5.52 Å². The van der Waals surface area contributed by atoms with E-state index in [1.54, 1.807) is 24.5 Å². The van der Waals surface area contributed by atoms with E-state index in [2.05, 4.69) is 29.7 Å². The third-order valence-corrected chi connectivity index (χ3v) is 4.30. The lowest BCUT2D eigenvalue weighted by molar-refractivity contribution is 0.387. The molecule has 3 aromatic rings. The first-order valence-electron chi connectivity index (χ1n) is 8.01. The van der Waals surface area contributed by atoms with Crippen LogP contribution in [-0.2, 0) is 0 Å². The fourth-order valence-electron chi connectivity index (χ4n) is 3.03. The Bertz CT molecular complexity index is 883. The van der Waals surface area contributed by atoms with Gasteiger partial charge in [-0.3, -0.25) is 0 Å². The Hall–Kier alpha value is -3.03. The molecule has 0 N–H and O–H groups in total. The molecule has 0 unspecified atom stereocenters. The van der Waals surface area contributed by atoms with E-state index in [4.69, 9.17) is 4.74 Å². The normalized spacial score (nSPS) is 14.8. The number of benzene rings is 1. The summed E-state index contributed by atoms with van der Waals surface area (Å²) >= 11 is 0. The molecule has 1 aromatic carbocycles. The van der Waals surface area contributed by atoms with Crippen LogP contribution in [0.15, 0.2) is 36.9 Å². The summed E-state index contributed by atoms with van der Waals surface area (Å²) in [5.41, 5.74) is 0.567. The van der Waals surface area contributed by atoms with Crippen molar-refractivity contribution in [2.75, 3.05) is 43.1 Å². The van der Waals surface area contributed by atoms with Gasteiger partial charge in [0, 0.05) is 50.0 Å². The molecule has 3 heterocycles. The smallest absolute Gasteiger partial charge is 0.225 e. The van der Waals surface area contributed by atoms with Gasteiger partial charge in [-0.15, -0.1) is 0 Å². The van der Waals surface area contributed by atoms with Crippen molar-refractivity contribution < 1.29 is 9.13 Å². The van der Waals surface area contributed by atoms with Crippen molar-refractivity contribution in [3.63, 3.8) is 0 Å². The van der Waals surface area contributed by atoms with Crippen LogP contribution in [0, 0.1) is 5.82 Å². The van der Waals surface area contributed by atoms with Gasteiger partial charge in [0.1, 0.15) is 12.1 Å². The zero-order valence-electron chi connectivity index (χ0n) is 13.8. The van der Waals surface area contributed by atoms with E-state index in [9.17, 15) is 4.39 Å². The van der Waals surface area contributed by atoms with Gasteiger partial charge in [0.15, 0.2) is 11.6 Å². The third kappa shape index (κ3) is 2.90. The molecule has 7 nitrogen and oxygen atoms in total. The van der Waals surface area contributed by atoms with Crippen LogP contribution in [0.25, 0.3) is 10.9 Å². The standard InChI is InChI=1S/C17H17FN6O/c1-25-15-9-12-14(10-13(15)18)21-11-22-16(12)23-5-7-24(8-6-23)17-19-3-2-4-20-17/h2-4,9-11H,5-8H2,1H3. The predicted molar refractivity (Wildman–Crippen MR) is 92.5 cm³/mol. The first-order valence-corrected chi connectivity index (χ1v) is 8.01. The molecule has 0 saturated carbocycles. The average molecular weight is 340 g/mol. The number of halogens is 1. The predicted octanol–water partition coefficient (Wildman–Crippen LogP) is 1.89. The van der Waals surface area contributed by atoms with Gasteiger partial charge in [-0.25, -0.2) is 24.3 Å². The number of hydrogen-bond acceptors (Lipinski definition) is 7. The number of methoxy groups -OCH3 is 1. The summed E-state index contributed by atoms with van der Waals surface area (Å²) < 4.78 is 19.0. The molecule has 0 bridgehead atoms. The van der Waals surface area contributed by atoms with Crippen LogP contribution >= 0.6 is 0 Å². The minimum absolute atomic E-state index is 0.194. The number of fused-ring (bicyclic) bond motifs is 1. The van der Waals surface area contributed by atoms with Crippen LogP contribution in [0.1, 0.15) is 0 Å². The van der Waals surface area contributed by atoms with Crippen molar-refractivity contribution in [2.45, 2.75) is 0 Å². The Balaban J connectivity index is 1.61. The summed E-state index contributed by atoms with van der Waals surface area (Å²) in [4.78, 5) is 21.5. The molecule has 4 rings (SSSR count). The lowest BCUT2D eigenvalue weighted by Gasteiger charge is -2.35. The van der Waals surface area contributed by atoms with E-state index >= 15 is 0 Å². The largest absolute Gasteiger partial charge is 0.494 e. The molecule has 0 aliphatic carbocycles. The lowest BCUT2D eigenvalue weighted by atomic mass is 10.2. The zero-order chi connectivity index (χ0) is 17.2. The summed E-state index contributed by atoms with van der Waals surface area (Å²) in [5.74, 6) is 1.29. The molecule has 2 aromatic heterocycles. The second-order valence-corrected chi connectivity index (χ2v) is 5.72. The number of piperazine rings is 1. The molecule has 8 heteroatoms. The van der Waals surface area contributed by atoms with Crippen molar-refractivity contribution in [1.82, 2.24) is 19.9 Å². The quantitative estimate of drug-likeness (QED) is 0.721. The molecular formula is C17H17FN6O. The molecule has 0 spiro atoms. The van der Waals surface area contributed by atoms with Crippen molar-refractivity contribution in [1.29, 1.82) is 0 Å². The first-order chi connectivity index (χ1) is 12.3. The van der Waals surface area contributed by atoms with Crippen LogP contribution in [0.4, 0.5) is 16.2 Å². The van der Waals surface area contributed by atoms with Crippen LogP contribution in [0.2, 0.25) is 0 Å². The van der Waals surface area contributed by atoms with Gasteiger partial charge in [-0.1, -0.05) is 0 Å². The van der Waals surface area contributed by atoms with Gasteiger partial charge in [-0.05, 0) is 12.1 Å². The highest BCUT2D eigenvalue weighted by atomic mass is 19.1. The van der Waals surface area contributed by atoms with Crippen LogP contribution in [0.5, 0.6) is 5.75 Å². The maximum atomic E-state index is 13.9. The second-order valence-electron chi connectivity index (χ2n) is 5.72. The summed E-state index contributed by atoms with van der Waals surface area (Å²) in [6, 6.07) is 4.85. The highest BCUT2D eigenvalue weighted by Crippen LogP contribution is 2.29. The molecular weight excluding hydrogens is 323 g/mol.